The second-order valence-electron chi connectivity index (χ2n) is 5.86. The van der Waals surface area contributed by atoms with Gasteiger partial charge in [0.25, 0.3) is 5.56 Å². The van der Waals surface area contributed by atoms with Crippen LogP contribution in [-0.2, 0) is 11.3 Å². The van der Waals surface area contributed by atoms with E-state index >= 15 is 0 Å². The minimum atomic E-state index is -1.12. The molecule has 1 aromatic heterocycles. The number of hydrogen-bond donors (Lipinski definition) is 2. The van der Waals surface area contributed by atoms with E-state index in [0.717, 1.165) is 4.57 Å². The predicted molar refractivity (Wildman–Crippen MR) is 98.1 cm³/mol. The number of nitrogens with one attached hydrogen (secondary N) is 1. The molecule has 0 saturated heterocycles. The van der Waals surface area contributed by atoms with Crippen molar-refractivity contribution >= 4 is 16.9 Å². The molecule has 140 valence electrons. The summed E-state index contributed by atoms with van der Waals surface area (Å²) < 4.78 is 10.8. The van der Waals surface area contributed by atoms with E-state index in [-0.39, 0.29) is 23.0 Å². The van der Waals surface area contributed by atoms with E-state index in [2.05, 4.69) is 9.72 Å². The number of rotatable bonds is 5. The zero-order valence-corrected chi connectivity index (χ0v) is 14.8. The standard InChI is InChI=1S/C19H18N2O6/c1-26-16-6-4-3-5-13(16)15(22)10-21-17(23)12-8-7-11(18(24)27-2)9-14(12)20-19(21)25/h3-9,15,22H,10H2,1-2H3,(H,20,25)/t15-/m0/s1. The highest BCUT2D eigenvalue weighted by Gasteiger charge is 2.17. The Morgan fingerprint density at radius 2 is 1.93 bits per heavy atom. The largest absolute Gasteiger partial charge is 0.496 e. The van der Waals surface area contributed by atoms with Crippen LogP contribution < -0.4 is 16.0 Å². The number of hydrogen-bond acceptors (Lipinski definition) is 6. The topological polar surface area (TPSA) is 111 Å². The summed E-state index contributed by atoms with van der Waals surface area (Å²) in [4.78, 5) is 39.3. The Kier molecular flexibility index (Phi) is 5.09. The maximum Gasteiger partial charge on any atom is 0.337 e. The van der Waals surface area contributed by atoms with Gasteiger partial charge in [-0.05, 0) is 24.3 Å². The van der Waals surface area contributed by atoms with E-state index in [1.807, 2.05) is 0 Å². The molecule has 0 aliphatic carbocycles. The number of fused-ring (bicyclic) bond motifs is 1. The van der Waals surface area contributed by atoms with Crippen LogP contribution in [0.5, 0.6) is 5.75 Å². The van der Waals surface area contributed by atoms with Gasteiger partial charge in [0.1, 0.15) is 11.9 Å². The average molecular weight is 370 g/mol. The van der Waals surface area contributed by atoms with E-state index < -0.39 is 23.3 Å². The van der Waals surface area contributed by atoms with Crippen molar-refractivity contribution in [3.05, 3.63) is 74.4 Å². The molecule has 3 aromatic rings. The molecule has 0 radical (unpaired) electrons. The Balaban J connectivity index is 2.04. The second kappa shape index (κ2) is 7.46. The first kappa shape index (κ1) is 18.4. The summed E-state index contributed by atoms with van der Waals surface area (Å²) in [6.45, 7) is -0.247. The van der Waals surface area contributed by atoms with E-state index in [1.165, 1.54) is 32.4 Å². The van der Waals surface area contributed by atoms with Gasteiger partial charge in [0.2, 0.25) is 0 Å². The minimum Gasteiger partial charge on any atom is -0.496 e. The zero-order chi connectivity index (χ0) is 19.6. The number of aliphatic hydroxyl groups excluding tert-OH is 1. The highest BCUT2D eigenvalue weighted by atomic mass is 16.5. The lowest BCUT2D eigenvalue weighted by molar-refractivity contribution is 0.0601. The number of ether oxygens (including phenoxy) is 2. The van der Waals surface area contributed by atoms with Crippen molar-refractivity contribution in [2.75, 3.05) is 14.2 Å². The maximum atomic E-state index is 12.7. The third-order valence-electron chi connectivity index (χ3n) is 4.26. The number of methoxy groups -OCH3 is 2. The van der Waals surface area contributed by atoms with Crippen LogP contribution in [0.25, 0.3) is 10.9 Å². The second-order valence-corrected chi connectivity index (χ2v) is 5.86. The van der Waals surface area contributed by atoms with Crippen molar-refractivity contribution in [3.8, 4) is 5.75 Å². The highest BCUT2D eigenvalue weighted by Crippen LogP contribution is 2.25. The first-order valence-electron chi connectivity index (χ1n) is 8.12. The molecule has 0 fully saturated rings. The molecule has 2 aromatic carbocycles. The van der Waals surface area contributed by atoms with Crippen LogP contribution in [0.1, 0.15) is 22.0 Å². The van der Waals surface area contributed by atoms with Crippen LogP contribution in [0.2, 0.25) is 0 Å². The van der Waals surface area contributed by atoms with Gasteiger partial charge in [-0.15, -0.1) is 0 Å². The molecule has 3 rings (SSSR count). The third-order valence-corrected chi connectivity index (χ3v) is 4.26. The first-order valence-corrected chi connectivity index (χ1v) is 8.12. The molecule has 8 heteroatoms. The Morgan fingerprint density at radius 1 is 1.19 bits per heavy atom. The molecule has 8 nitrogen and oxygen atoms in total. The summed E-state index contributed by atoms with van der Waals surface area (Å²) >= 11 is 0. The van der Waals surface area contributed by atoms with Crippen LogP contribution in [0.15, 0.2) is 52.1 Å². The SMILES string of the molecule is COC(=O)c1ccc2c(=O)n(C[C@H](O)c3ccccc3OC)c(=O)[nH]c2c1. The third kappa shape index (κ3) is 3.47. The number of aromatic amines is 1. The summed E-state index contributed by atoms with van der Waals surface area (Å²) in [6, 6.07) is 11.1. The normalized spacial score (nSPS) is 12.0. The van der Waals surface area contributed by atoms with Crippen molar-refractivity contribution in [2.45, 2.75) is 12.6 Å². The first-order chi connectivity index (χ1) is 13.0. The molecule has 27 heavy (non-hydrogen) atoms. The van der Waals surface area contributed by atoms with Crippen LogP contribution in [0.4, 0.5) is 0 Å². The lowest BCUT2D eigenvalue weighted by Gasteiger charge is -2.15. The van der Waals surface area contributed by atoms with Gasteiger partial charge in [0.15, 0.2) is 0 Å². The van der Waals surface area contributed by atoms with Crippen molar-refractivity contribution in [3.63, 3.8) is 0 Å². The number of carbonyl (C=O) groups excluding carboxylic acids is 1. The molecule has 1 heterocycles. The summed E-state index contributed by atoms with van der Waals surface area (Å²) in [7, 11) is 2.71. The number of esters is 1. The van der Waals surface area contributed by atoms with Gasteiger partial charge in [0, 0.05) is 5.56 Å². The molecule has 2 N–H and O–H groups in total. The van der Waals surface area contributed by atoms with Gasteiger partial charge in [-0.3, -0.25) is 9.36 Å². The molecule has 0 spiro atoms. The van der Waals surface area contributed by atoms with Crippen LogP contribution in [0, 0.1) is 0 Å². The summed E-state index contributed by atoms with van der Waals surface area (Å²) in [6.07, 6.45) is -1.12. The molecule has 1 atom stereocenters. The van der Waals surface area contributed by atoms with Gasteiger partial charge in [0.05, 0.1) is 37.2 Å². The predicted octanol–water partition coefficient (Wildman–Crippen LogP) is 1.22. The highest BCUT2D eigenvalue weighted by molar-refractivity contribution is 5.93. The van der Waals surface area contributed by atoms with Gasteiger partial charge in [-0.2, -0.15) is 0 Å². The Bertz CT molecular complexity index is 1120. The molecular formula is C19H18N2O6. The van der Waals surface area contributed by atoms with Crippen molar-refractivity contribution < 1.29 is 19.4 Å². The Morgan fingerprint density at radius 3 is 2.63 bits per heavy atom. The van der Waals surface area contributed by atoms with E-state index in [1.54, 1.807) is 24.3 Å². The molecule has 0 saturated carbocycles. The average Bonchev–Trinajstić information content (AvgIpc) is 2.69. The lowest BCUT2D eigenvalue weighted by atomic mass is 10.1. The summed E-state index contributed by atoms with van der Waals surface area (Å²) in [5, 5.41) is 10.7. The van der Waals surface area contributed by atoms with Crippen LogP contribution in [-0.4, -0.2) is 34.8 Å². The van der Waals surface area contributed by atoms with E-state index in [4.69, 9.17) is 4.74 Å². The molecule has 0 aliphatic heterocycles. The smallest absolute Gasteiger partial charge is 0.337 e. The molecule has 0 unspecified atom stereocenters. The van der Waals surface area contributed by atoms with Crippen LogP contribution >= 0.6 is 0 Å². The zero-order valence-electron chi connectivity index (χ0n) is 14.8. The van der Waals surface area contributed by atoms with Crippen molar-refractivity contribution in [1.29, 1.82) is 0 Å². The van der Waals surface area contributed by atoms with Crippen molar-refractivity contribution in [2.24, 2.45) is 0 Å². The minimum absolute atomic E-state index is 0.215. The molecular weight excluding hydrogens is 352 g/mol. The maximum absolute atomic E-state index is 12.7. The number of H-pyrrole nitrogens is 1. The van der Waals surface area contributed by atoms with Gasteiger partial charge >= 0.3 is 11.7 Å². The van der Waals surface area contributed by atoms with Gasteiger partial charge in [-0.1, -0.05) is 18.2 Å². The molecule has 0 aliphatic rings. The quantitative estimate of drug-likeness (QED) is 0.654. The number of aliphatic hydroxyl groups is 1. The molecule has 0 amide bonds. The van der Waals surface area contributed by atoms with Gasteiger partial charge in [-0.25, -0.2) is 9.59 Å². The Hall–Kier alpha value is -3.39. The van der Waals surface area contributed by atoms with E-state index in [0.29, 0.717) is 11.3 Å². The van der Waals surface area contributed by atoms with Crippen molar-refractivity contribution in [1.82, 2.24) is 9.55 Å². The fourth-order valence-corrected chi connectivity index (χ4v) is 2.88. The van der Waals surface area contributed by atoms with E-state index in [9.17, 15) is 19.5 Å². The number of benzene rings is 2. The monoisotopic (exact) mass is 370 g/mol. The number of nitrogens with zero attached hydrogens (tertiary/aromatic N) is 1. The number of para-hydroxylation sites is 1. The molecule has 0 bridgehead atoms. The summed E-state index contributed by atoms with van der Waals surface area (Å²) in [5.74, 6) is -0.119. The fraction of sp³-hybridized carbons (Fsp3) is 0.211. The summed E-state index contributed by atoms with van der Waals surface area (Å²) in [5.41, 5.74) is -0.363. The number of aromatic nitrogens is 2. The Labute approximate surface area is 153 Å². The number of carbonyl (C=O) groups is 1. The lowest BCUT2D eigenvalue weighted by Crippen LogP contribution is -2.36. The van der Waals surface area contributed by atoms with Crippen LogP contribution in [0.3, 0.4) is 0 Å². The fourth-order valence-electron chi connectivity index (χ4n) is 2.88. The van der Waals surface area contributed by atoms with Gasteiger partial charge < -0.3 is 19.6 Å².